The van der Waals surface area contributed by atoms with Gasteiger partial charge in [-0.05, 0) is 41.5 Å². The molecule has 0 unspecified atom stereocenters. The fourth-order valence-electron chi connectivity index (χ4n) is 2.64. The van der Waals surface area contributed by atoms with Crippen molar-refractivity contribution in [3.63, 3.8) is 0 Å². The van der Waals surface area contributed by atoms with E-state index in [4.69, 9.17) is 23.7 Å². The van der Waals surface area contributed by atoms with E-state index >= 15 is 0 Å². The van der Waals surface area contributed by atoms with Gasteiger partial charge in [-0.25, -0.2) is 0 Å². The Morgan fingerprint density at radius 2 is 1.28 bits per heavy atom. The first-order valence-electron chi connectivity index (χ1n) is 8.05. The number of hydrogen-bond donors (Lipinski definition) is 0. The summed E-state index contributed by atoms with van der Waals surface area (Å²) in [6, 6.07) is 5.64. The largest absolute Gasteiger partial charge is 1.00 e. The SMILES string of the molecule is COc1cc(/C=C(/C(=O)[O-])c2cc(OC)c(OC)c(OC)c2)cc(OC)c1F.[K+]. The molecule has 2 rings (SSSR count). The smallest absolute Gasteiger partial charge is 0.545 e. The van der Waals surface area contributed by atoms with Crippen molar-refractivity contribution in [3.8, 4) is 28.7 Å². The van der Waals surface area contributed by atoms with Gasteiger partial charge in [-0.1, -0.05) is 0 Å². The number of ether oxygens (including phenoxy) is 5. The maximum Gasteiger partial charge on any atom is 1.00 e. The van der Waals surface area contributed by atoms with Crippen molar-refractivity contribution in [2.75, 3.05) is 35.5 Å². The Balaban J connectivity index is 0.00000420. The van der Waals surface area contributed by atoms with Crippen molar-refractivity contribution in [3.05, 3.63) is 41.2 Å². The Bertz CT molecular complexity index is 862. The Kier molecular flexibility index (Phi) is 9.94. The second-order valence-corrected chi connectivity index (χ2v) is 5.50. The number of aliphatic carboxylic acids is 1. The van der Waals surface area contributed by atoms with Gasteiger partial charge in [-0.3, -0.25) is 0 Å². The van der Waals surface area contributed by atoms with E-state index in [2.05, 4.69) is 0 Å². The molecule has 0 aliphatic heterocycles. The molecule has 2 aromatic rings. The molecule has 0 atom stereocenters. The Morgan fingerprint density at radius 3 is 1.62 bits per heavy atom. The molecule has 0 fully saturated rings. The van der Waals surface area contributed by atoms with Crippen LogP contribution < -0.4 is 80.2 Å². The summed E-state index contributed by atoms with van der Waals surface area (Å²) < 4.78 is 39.8. The third kappa shape index (κ3) is 5.64. The third-order valence-corrected chi connectivity index (χ3v) is 3.97. The number of halogens is 1. The van der Waals surface area contributed by atoms with Crippen LogP contribution in [0.25, 0.3) is 11.6 Å². The van der Waals surface area contributed by atoms with Gasteiger partial charge in [-0.2, -0.15) is 4.39 Å². The predicted octanol–water partition coefficient (Wildman–Crippen LogP) is -0.837. The number of benzene rings is 2. The Morgan fingerprint density at radius 1 is 0.828 bits per heavy atom. The van der Waals surface area contributed by atoms with Crippen LogP contribution in [0.1, 0.15) is 11.1 Å². The fraction of sp³-hybridized carbons (Fsp3) is 0.250. The predicted molar refractivity (Wildman–Crippen MR) is 98.5 cm³/mol. The average Bonchev–Trinajstić information content (AvgIpc) is 2.71. The summed E-state index contributed by atoms with van der Waals surface area (Å²) in [6.45, 7) is 0. The monoisotopic (exact) mass is 430 g/mol. The van der Waals surface area contributed by atoms with E-state index in [0.717, 1.165) is 0 Å². The van der Waals surface area contributed by atoms with Crippen LogP contribution >= 0.6 is 0 Å². The Labute approximate surface area is 210 Å². The maximum atomic E-state index is 14.1. The van der Waals surface area contributed by atoms with Gasteiger partial charge in [0.2, 0.25) is 11.6 Å². The summed E-state index contributed by atoms with van der Waals surface area (Å²) in [6.07, 6.45) is 1.31. The molecule has 0 aromatic heterocycles. The van der Waals surface area contributed by atoms with Crippen LogP contribution in [0.5, 0.6) is 28.7 Å². The van der Waals surface area contributed by atoms with Crippen molar-refractivity contribution in [1.82, 2.24) is 0 Å². The molecule has 150 valence electrons. The van der Waals surface area contributed by atoms with Gasteiger partial charge in [0.05, 0.1) is 41.5 Å². The number of carboxylic acid groups (broad SMARTS) is 1. The zero-order valence-electron chi connectivity index (χ0n) is 17.1. The summed E-state index contributed by atoms with van der Waals surface area (Å²) in [5, 5.41) is 11.8. The van der Waals surface area contributed by atoms with E-state index in [0.29, 0.717) is 11.3 Å². The minimum atomic E-state index is -1.45. The summed E-state index contributed by atoms with van der Waals surface area (Å²) in [5.74, 6) is -1.45. The van der Waals surface area contributed by atoms with Crippen LogP contribution in [0.4, 0.5) is 4.39 Å². The number of methoxy groups -OCH3 is 5. The molecule has 9 heteroatoms. The van der Waals surface area contributed by atoms with Gasteiger partial charge in [0.1, 0.15) is 0 Å². The average molecular weight is 430 g/mol. The molecule has 29 heavy (non-hydrogen) atoms. The first kappa shape index (κ1) is 25.3. The first-order chi connectivity index (χ1) is 13.4. The molecule has 0 aliphatic rings. The molecule has 0 spiro atoms. The number of rotatable bonds is 8. The number of carbonyl (C=O) groups excluding carboxylic acids is 1. The van der Waals surface area contributed by atoms with Crippen molar-refractivity contribution in [1.29, 1.82) is 0 Å². The zero-order chi connectivity index (χ0) is 20.8. The summed E-state index contributed by atoms with van der Waals surface area (Å²) in [7, 11) is 6.86. The minimum Gasteiger partial charge on any atom is -0.545 e. The molecule has 0 aliphatic carbocycles. The molecular formula is C20H20FKO7. The minimum absolute atomic E-state index is 0. The van der Waals surface area contributed by atoms with Gasteiger partial charge in [0.25, 0.3) is 0 Å². The van der Waals surface area contributed by atoms with Gasteiger partial charge < -0.3 is 33.6 Å². The molecule has 0 bridgehead atoms. The quantitative estimate of drug-likeness (QED) is 0.307. The standard InChI is InChI=1S/C20H21FO7.K/c1-24-14-7-11(8-15(25-2)18(14)21)6-13(20(22)23)12-9-16(26-3)19(28-5)17(10-12)27-4;/h6-10H,1-5H3,(H,22,23);/q;+1/p-1/b13-6+;. The molecule has 0 amide bonds. The second-order valence-electron chi connectivity index (χ2n) is 5.50. The molecule has 0 saturated heterocycles. The molecule has 0 saturated carbocycles. The summed E-state index contributed by atoms with van der Waals surface area (Å²) >= 11 is 0. The van der Waals surface area contributed by atoms with Crippen molar-refractivity contribution in [2.45, 2.75) is 0 Å². The zero-order valence-corrected chi connectivity index (χ0v) is 20.2. The van der Waals surface area contributed by atoms with E-state index in [1.165, 1.54) is 65.9 Å². The van der Waals surface area contributed by atoms with Crippen molar-refractivity contribution < 1.29 is 89.4 Å². The van der Waals surface area contributed by atoms with Crippen LogP contribution in [0.15, 0.2) is 24.3 Å². The molecule has 0 N–H and O–H groups in total. The van der Waals surface area contributed by atoms with E-state index in [-0.39, 0.29) is 85.5 Å². The van der Waals surface area contributed by atoms with E-state index < -0.39 is 11.8 Å². The third-order valence-electron chi connectivity index (χ3n) is 3.97. The Hall–Kier alpha value is -1.78. The van der Waals surface area contributed by atoms with E-state index in [1.54, 1.807) is 0 Å². The number of carbonyl (C=O) groups is 1. The second kappa shape index (κ2) is 11.4. The van der Waals surface area contributed by atoms with Gasteiger partial charge >= 0.3 is 51.4 Å². The summed E-state index contributed by atoms with van der Waals surface area (Å²) in [4.78, 5) is 11.8. The van der Waals surface area contributed by atoms with E-state index in [1.807, 2.05) is 0 Å². The summed E-state index contributed by atoms with van der Waals surface area (Å²) in [5.41, 5.74) is 0.398. The molecule has 7 nitrogen and oxygen atoms in total. The van der Waals surface area contributed by atoms with Crippen LogP contribution in [0.2, 0.25) is 0 Å². The van der Waals surface area contributed by atoms with Crippen molar-refractivity contribution in [2.24, 2.45) is 0 Å². The van der Waals surface area contributed by atoms with Crippen LogP contribution in [0.3, 0.4) is 0 Å². The fourth-order valence-corrected chi connectivity index (χ4v) is 2.64. The number of hydrogen-bond acceptors (Lipinski definition) is 7. The molecule has 2 aromatic carbocycles. The number of carboxylic acids is 1. The van der Waals surface area contributed by atoms with Crippen molar-refractivity contribution >= 4 is 17.6 Å². The van der Waals surface area contributed by atoms with Crippen LogP contribution in [0, 0.1) is 5.82 Å². The van der Waals surface area contributed by atoms with Gasteiger partial charge in [0.15, 0.2) is 23.0 Å². The molecule has 0 heterocycles. The molecule has 0 radical (unpaired) electrons. The topological polar surface area (TPSA) is 86.3 Å². The van der Waals surface area contributed by atoms with Crippen LogP contribution in [-0.2, 0) is 4.79 Å². The van der Waals surface area contributed by atoms with Gasteiger partial charge in [0, 0.05) is 5.57 Å². The van der Waals surface area contributed by atoms with Crippen LogP contribution in [-0.4, -0.2) is 41.5 Å². The molecular weight excluding hydrogens is 410 g/mol. The maximum absolute atomic E-state index is 14.1. The first-order valence-corrected chi connectivity index (χ1v) is 8.05. The normalized spacial score (nSPS) is 10.6. The van der Waals surface area contributed by atoms with E-state index in [9.17, 15) is 14.3 Å². The van der Waals surface area contributed by atoms with Gasteiger partial charge in [-0.15, -0.1) is 0 Å².